The Labute approximate surface area is 151 Å². The molecule has 0 atom stereocenters. The first kappa shape index (κ1) is 16.6. The number of fused-ring (bicyclic) bond motifs is 1. The molecule has 1 aromatic heterocycles. The van der Waals surface area contributed by atoms with Gasteiger partial charge in [-0.2, -0.15) is 0 Å². The highest BCUT2D eigenvalue weighted by atomic mass is 16.4. The predicted molar refractivity (Wildman–Crippen MR) is 98.8 cm³/mol. The second-order valence-electron chi connectivity index (χ2n) is 6.78. The van der Waals surface area contributed by atoms with E-state index in [1.165, 1.54) is 22.4 Å². The molecule has 6 heteroatoms. The summed E-state index contributed by atoms with van der Waals surface area (Å²) in [4.78, 5) is 26.1. The molecule has 0 fully saturated rings. The van der Waals surface area contributed by atoms with Crippen molar-refractivity contribution in [1.29, 1.82) is 0 Å². The van der Waals surface area contributed by atoms with Crippen LogP contribution in [0.3, 0.4) is 0 Å². The number of benzene rings is 1. The van der Waals surface area contributed by atoms with Gasteiger partial charge in [0.25, 0.3) is 5.56 Å². The standard InChI is InChI=1S/C20H21N3O3/c24-19-17-13-22(12-14-4-2-1-3-5-14)11-10-18(17)21-23(19)16-8-6-15(7-9-16)20(25)26/h2,4-9,21H,1,3,10-13H2,(H,25,26). The molecule has 1 aliphatic heterocycles. The van der Waals surface area contributed by atoms with E-state index >= 15 is 0 Å². The van der Waals surface area contributed by atoms with Gasteiger partial charge in [0.1, 0.15) is 0 Å². The van der Waals surface area contributed by atoms with Crippen molar-refractivity contribution >= 4 is 5.97 Å². The van der Waals surface area contributed by atoms with Crippen molar-refractivity contribution in [3.05, 3.63) is 75.2 Å². The average Bonchev–Trinajstić information content (AvgIpc) is 2.99. The van der Waals surface area contributed by atoms with Gasteiger partial charge in [-0.1, -0.05) is 18.2 Å². The number of nitrogens with one attached hydrogen (secondary N) is 1. The number of hydrogen-bond acceptors (Lipinski definition) is 3. The third-order valence-electron chi connectivity index (χ3n) is 4.98. The van der Waals surface area contributed by atoms with Gasteiger partial charge < -0.3 is 5.11 Å². The first-order valence-corrected chi connectivity index (χ1v) is 8.86. The number of nitrogens with zero attached hydrogens (tertiary/aromatic N) is 2. The normalized spacial score (nSPS) is 17.0. The van der Waals surface area contributed by atoms with Gasteiger partial charge in [0, 0.05) is 31.7 Å². The molecule has 2 N–H and O–H groups in total. The van der Waals surface area contributed by atoms with Gasteiger partial charge in [0.2, 0.25) is 0 Å². The van der Waals surface area contributed by atoms with Gasteiger partial charge in [-0.15, -0.1) is 0 Å². The van der Waals surface area contributed by atoms with Crippen LogP contribution in [0.4, 0.5) is 0 Å². The van der Waals surface area contributed by atoms with Gasteiger partial charge in [0.15, 0.2) is 0 Å². The van der Waals surface area contributed by atoms with Crippen LogP contribution < -0.4 is 5.56 Å². The molecule has 2 aromatic rings. The summed E-state index contributed by atoms with van der Waals surface area (Å²) in [7, 11) is 0. The summed E-state index contributed by atoms with van der Waals surface area (Å²) in [5.41, 5.74) is 3.90. The van der Waals surface area contributed by atoms with Crippen LogP contribution in [-0.2, 0) is 13.0 Å². The molecular weight excluding hydrogens is 330 g/mol. The summed E-state index contributed by atoms with van der Waals surface area (Å²) in [6, 6.07) is 6.33. The van der Waals surface area contributed by atoms with Crippen LogP contribution in [-0.4, -0.2) is 38.8 Å². The first-order valence-electron chi connectivity index (χ1n) is 8.86. The number of aromatic amines is 1. The van der Waals surface area contributed by atoms with E-state index in [1.807, 2.05) is 0 Å². The molecule has 0 unspecified atom stereocenters. The minimum Gasteiger partial charge on any atom is -0.478 e. The van der Waals surface area contributed by atoms with Crippen molar-refractivity contribution in [2.75, 3.05) is 13.1 Å². The van der Waals surface area contributed by atoms with E-state index in [4.69, 9.17) is 5.11 Å². The maximum atomic E-state index is 12.8. The number of carbonyl (C=O) groups is 1. The van der Waals surface area contributed by atoms with Gasteiger partial charge in [-0.25, -0.2) is 9.48 Å². The Kier molecular flexibility index (Phi) is 4.34. The van der Waals surface area contributed by atoms with Crippen molar-refractivity contribution in [3.8, 4) is 5.69 Å². The highest BCUT2D eigenvalue weighted by molar-refractivity contribution is 5.87. The quantitative estimate of drug-likeness (QED) is 0.887. The first-order chi connectivity index (χ1) is 12.6. The summed E-state index contributed by atoms with van der Waals surface area (Å²) in [6.07, 6.45) is 9.66. The van der Waals surface area contributed by atoms with Crippen LogP contribution in [0.1, 0.15) is 34.5 Å². The molecule has 4 rings (SSSR count). The molecule has 0 spiro atoms. The van der Waals surface area contributed by atoms with Gasteiger partial charge in [-0.05, 0) is 42.7 Å². The second kappa shape index (κ2) is 6.80. The number of allylic oxidation sites excluding steroid dienone is 2. The molecule has 0 amide bonds. The summed E-state index contributed by atoms with van der Waals surface area (Å²) in [6.45, 7) is 2.42. The monoisotopic (exact) mass is 351 g/mol. The molecular formula is C20H21N3O3. The lowest BCUT2D eigenvalue weighted by atomic mass is 10.0. The van der Waals surface area contributed by atoms with E-state index < -0.39 is 5.97 Å². The fraction of sp³-hybridized carbons (Fsp3) is 0.300. The molecule has 134 valence electrons. The SMILES string of the molecule is O=C(O)c1ccc(-n2[nH]c3c(c2=O)CN(CC2=CCCC=C2)CC3)cc1. The summed E-state index contributed by atoms with van der Waals surface area (Å²) < 4.78 is 1.51. The summed E-state index contributed by atoms with van der Waals surface area (Å²) in [5.74, 6) is -0.976. The van der Waals surface area contributed by atoms with Crippen LogP contribution in [0.25, 0.3) is 5.69 Å². The minimum atomic E-state index is -0.976. The minimum absolute atomic E-state index is 0.0547. The number of aromatic nitrogens is 2. The number of H-pyrrole nitrogens is 1. The Bertz CT molecular complexity index is 948. The Morgan fingerprint density at radius 2 is 2.00 bits per heavy atom. The van der Waals surface area contributed by atoms with Gasteiger partial charge in [-0.3, -0.25) is 14.8 Å². The Morgan fingerprint density at radius 3 is 2.69 bits per heavy atom. The van der Waals surface area contributed by atoms with Crippen molar-refractivity contribution in [2.24, 2.45) is 0 Å². The van der Waals surface area contributed by atoms with E-state index in [1.54, 1.807) is 12.1 Å². The molecule has 26 heavy (non-hydrogen) atoms. The van der Waals surface area contributed by atoms with E-state index in [-0.39, 0.29) is 11.1 Å². The molecule has 0 radical (unpaired) electrons. The summed E-state index contributed by atoms with van der Waals surface area (Å²) in [5, 5.41) is 12.2. The fourth-order valence-corrected chi connectivity index (χ4v) is 3.57. The third kappa shape index (κ3) is 3.15. The topological polar surface area (TPSA) is 78.3 Å². The van der Waals surface area contributed by atoms with Crippen LogP contribution in [0.15, 0.2) is 52.9 Å². The van der Waals surface area contributed by atoms with E-state index in [0.29, 0.717) is 12.2 Å². The number of carboxylic acid groups (broad SMARTS) is 1. The van der Waals surface area contributed by atoms with E-state index in [9.17, 15) is 9.59 Å². The number of hydrogen-bond donors (Lipinski definition) is 2. The molecule has 1 aliphatic carbocycles. The maximum absolute atomic E-state index is 12.8. The zero-order valence-corrected chi connectivity index (χ0v) is 14.4. The number of rotatable bonds is 4. The van der Waals surface area contributed by atoms with Crippen molar-refractivity contribution in [1.82, 2.24) is 14.7 Å². The van der Waals surface area contributed by atoms with Crippen molar-refractivity contribution in [2.45, 2.75) is 25.8 Å². The van der Waals surface area contributed by atoms with E-state index in [0.717, 1.165) is 43.6 Å². The lowest BCUT2D eigenvalue weighted by Gasteiger charge is -2.26. The van der Waals surface area contributed by atoms with Gasteiger partial charge >= 0.3 is 5.97 Å². The number of carboxylic acids is 1. The van der Waals surface area contributed by atoms with Crippen molar-refractivity contribution < 1.29 is 9.90 Å². The van der Waals surface area contributed by atoms with Gasteiger partial charge in [0.05, 0.1) is 16.8 Å². The highest BCUT2D eigenvalue weighted by Crippen LogP contribution is 2.19. The number of aromatic carboxylic acids is 1. The average molecular weight is 351 g/mol. The van der Waals surface area contributed by atoms with Crippen LogP contribution >= 0.6 is 0 Å². The molecule has 2 heterocycles. The van der Waals surface area contributed by atoms with Crippen LogP contribution in [0.2, 0.25) is 0 Å². The largest absolute Gasteiger partial charge is 0.478 e. The van der Waals surface area contributed by atoms with Crippen molar-refractivity contribution in [3.63, 3.8) is 0 Å². The lowest BCUT2D eigenvalue weighted by Crippen LogP contribution is -2.34. The summed E-state index contributed by atoms with van der Waals surface area (Å²) >= 11 is 0. The maximum Gasteiger partial charge on any atom is 0.335 e. The third-order valence-corrected chi connectivity index (χ3v) is 4.98. The molecule has 0 bridgehead atoms. The molecule has 0 saturated carbocycles. The lowest BCUT2D eigenvalue weighted by molar-refractivity contribution is 0.0697. The Hall–Kier alpha value is -2.86. The van der Waals surface area contributed by atoms with E-state index in [2.05, 4.69) is 28.2 Å². The zero-order valence-electron chi connectivity index (χ0n) is 14.4. The Balaban J connectivity index is 1.56. The molecule has 1 aromatic carbocycles. The second-order valence-corrected chi connectivity index (χ2v) is 6.78. The molecule has 6 nitrogen and oxygen atoms in total. The molecule has 2 aliphatic rings. The smallest absolute Gasteiger partial charge is 0.335 e. The van der Waals surface area contributed by atoms with Crippen LogP contribution in [0, 0.1) is 0 Å². The van der Waals surface area contributed by atoms with Crippen LogP contribution in [0.5, 0.6) is 0 Å². The Morgan fingerprint density at radius 1 is 1.19 bits per heavy atom. The molecule has 0 saturated heterocycles. The zero-order chi connectivity index (χ0) is 18.1. The highest BCUT2D eigenvalue weighted by Gasteiger charge is 2.23. The fourth-order valence-electron chi connectivity index (χ4n) is 3.57. The predicted octanol–water partition coefficient (Wildman–Crippen LogP) is 2.50.